The third-order valence-electron chi connectivity index (χ3n) is 4.40. The van der Waals surface area contributed by atoms with Crippen LogP contribution in [0.2, 0.25) is 0 Å². The molecule has 0 aromatic rings. The van der Waals surface area contributed by atoms with Gasteiger partial charge in [0.05, 0.1) is 0 Å². The van der Waals surface area contributed by atoms with Crippen LogP contribution in [0.3, 0.4) is 0 Å². The molecule has 3 unspecified atom stereocenters. The highest BCUT2D eigenvalue weighted by molar-refractivity contribution is 5.27. The topological polar surface area (TPSA) is 0 Å². The molecule has 0 radical (unpaired) electrons. The summed E-state index contributed by atoms with van der Waals surface area (Å²) in [7, 11) is 0. The monoisotopic (exact) mass is 160 g/mol. The molecular weight excluding hydrogens is 144 g/mol. The minimum atomic E-state index is 0.610. The van der Waals surface area contributed by atoms with Gasteiger partial charge in [-0.25, -0.2) is 0 Å². The third kappa shape index (κ3) is 0.608. The van der Waals surface area contributed by atoms with E-state index >= 15 is 0 Å². The molecule has 3 aliphatic rings. The Morgan fingerprint density at radius 1 is 1.42 bits per heavy atom. The second-order valence-electron chi connectivity index (χ2n) is 4.66. The predicted octanol–water partition coefficient (Wildman–Crippen LogP) is 3.16. The van der Waals surface area contributed by atoms with Crippen LogP contribution in [0.25, 0.3) is 0 Å². The van der Waals surface area contributed by atoms with Crippen molar-refractivity contribution >= 4 is 0 Å². The summed E-state index contributed by atoms with van der Waals surface area (Å²) in [6.45, 7) is 2.35. The zero-order valence-electron chi connectivity index (χ0n) is 7.66. The molecular formula is C12H16. The Morgan fingerprint density at radius 3 is 3.17 bits per heavy atom. The van der Waals surface area contributed by atoms with Crippen LogP contribution in [0.15, 0.2) is 24.3 Å². The largest absolute Gasteiger partial charge is 0.0879 e. The lowest BCUT2D eigenvalue weighted by Crippen LogP contribution is -2.24. The molecule has 0 aromatic heterocycles. The molecule has 64 valence electrons. The maximum atomic E-state index is 2.52. The van der Waals surface area contributed by atoms with E-state index in [0.717, 1.165) is 17.8 Å². The third-order valence-corrected chi connectivity index (χ3v) is 4.40. The Hall–Kier alpha value is -0.520. The van der Waals surface area contributed by atoms with Crippen LogP contribution in [0, 0.1) is 23.2 Å². The van der Waals surface area contributed by atoms with Crippen LogP contribution in [0.1, 0.15) is 26.2 Å². The van der Waals surface area contributed by atoms with E-state index in [0.29, 0.717) is 5.41 Å². The lowest BCUT2D eigenvalue weighted by Gasteiger charge is -2.31. The molecule has 2 bridgehead atoms. The second-order valence-corrected chi connectivity index (χ2v) is 4.66. The van der Waals surface area contributed by atoms with Crippen LogP contribution in [0.4, 0.5) is 0 Å². The summed E-state index contributed by atoms with van der Waals surface area (Å²) in [4.78, 5) is 0. The highest BCUT2D eigenvalue weighted by atomic mass is 14.6. The number of allylic oxidation sites excluding steroid dienone is 4. The van der Waals surface area contributed by atoms with E-state index in [1.807, 2.05) is 0 Å². The zero-order chi connectivity index (χ0) is 8.18. The molecule has 0 N–H and O–H groups in total. The first kappa shape index (κ1) is 6.94. The Kier molecular flexibility index (Phi) is 1.18. The van der Waals surface area contributed by atoms with Gasteiger partial charge in [-0.1, -0.05) is 31.2 Å². The summed E-state index contributed by atoms with van der Waals surface area (Å²) >= 11 is 0. The van der Waals surface area contributed by atoms with Crippen molar-refractivity contribution in [3.8, 4) is 0 Å². The van der Waals surface area contributed by atoms with Crippen molar-refractivity contribution in [3.05, 3.63) is 24.3 Å². The van der Waals surface area contributed by atoms with Crippen LogP contribution in [0.5, 0.6) is 0 Å². The van der Waals surface area contributed by atoms with Crippen molar-refractivity contribution in [2.45, 2.75) is 26.2 Å². The summed E-state index contributed by atoms with van der Waals surface area (Å²) in [5, 5.41) is 0. The molecule has 3 aliphatic carbocycles. The lowest BCUT2D eigenvalue weighted by atomic mass is 9.73. The molecule has 0 amide bonds. The van der Waals surface area contributed by atoms with Gasteiger partial charge in [-0.05, 0) is 42.4 Å². The van der Waals surface area contributed by atoms with Crippen molar-refractivity contribution in [2.24, 2.45) is 23.2 Å². The summed E-state index contributed by atoms with van der Waals surface area (Å²) in [5.74, 6) is 2.78. The van der Waals surface area contributed by atoms with Crippen molar-refractivity contribution < 1.29 is 0 Å². The molecule has 0 heterocycles. The zero-order valence-corrected chi connectivity index (χ0v) is 7.66. The fraction of sp³-hybridized carbons (Fsp3) is 0.667. The van der Waals surface area contributed by atoms with Gasteiger partial charge < -0.3 is 0 Å². The van der Waals surface area contributed by atoms with Gasteiger partial charge in [0.15, 0.2) is 0 Å². The fourth-order valence-electron chi connectivity index (χ4n) is 3.69. The molecule has 0 nitrogen and oxygen atoms in total. The summed E-state index contributed by atoms with van der Waals surface area (Å²) < 4.78 is 0. The molecule has 0 aliphatic heterocycles. The highest BCUT2D eigenvalue weighted by Gasteiger charge is 2.53. The number of fused-ring (bicyclic) bond motifs is 5. The first-order valence-corrected chi connectivity index (χ1v) is 5.22. The summed E-state index contributed by atoms with van der Waals surface area (Å²) in [6, 6.07) is 0. The number of rotatable bonds is 1. The van der Waals surface area contributed by atoms with Gasteiger partial charge in [-0.3, -0.25) is 0 Å². The molecule has 1 saturated carbocycles. The molecule has 1 fully saturated rings. The summed E-state index contributed by atoms with van der Waals surface area (Å²) in [6.07, 6.45) is 14.0. The van der Waals surface area contributed by atoms with Crippen LogP contribution < -0.4 is 0 Å². The minimum absolute atomic E-state index is 0.610. The first-order chi connectivity index (χ1) is 5.86. The maximum Gasteiger partial charge on any atom is -0.00779 e. The molecule has 3 rings (SSSR count). The van der Waals surface area contributed by atoms with E-state index in [2.05, 4.69) is 31.2 Å². The van der Waals surface area contributed by atoms with Crippen LogP contribution >= 0.6 is 0 Å². The number of hydrogen-bond acceptors (Lipinski definition) is 0. The molecule has 4 atom stereocenters. The average Bonchev–Trinajstić information content (AvgIpc) is 2.76. The minimum Gasteiger partial charge on any atom is -0.0879 e. The van der Waals surface area contributed by atoms with Gasteiger partial charge in [0, 0.05) is 0 Å². The van der Waals surface area contributed by atoms with Gasteiger partial charge in [-0.2, -0.15) is 0 Å². The second kappa shape index (κ2) is 2.04. The van der Waals surface area contributed by atoms with E-state index in [1.54, 1.807) is 0 Å². The average molecular weight is 160 g/mol. The van der Waals surface area contributed by atoms with Gasteiger partial charge in [-0.15, -0.1) is 0 Å². The van der Waals surface area contributed by atoms with E-state index in [4.69, 9.17) is 0 Å². The molecule has 0 aromatic carbocycles. The Morgan fingerprint density at radius 2 is 2.33 bits per heavy atom. The molecule has 0 heteroatoms. The van der Waals surface area contributed by atoms with E-state index in [9.17, 15) is 0 Å². The molecule has 0 spiro atoms. The Bertz CT molecular complexity index is 261. The maximum absolute atomic E-state index is 2.52. The quantitative estimate of drug-likeness (QED) is 0.517. The van der Waals surface area contributed by atoms with Crippen molar-refractivity contribution in [2.75, 3.05) is 0 Å². The van der Waals surface area contributed by atoms with E-state index < -0.39 is 0 Å². The van der Waals surface area contributed by atoms with Crippen LogP contribution in [-0.2, 0) is 0 Å². The van der Waals surface area contributed by atoms with Gasteiger partial charge >= 0.3 is 0 Å². The predicted molar refractivity (Wildman–Crippen MR) is 50.7 cm³/mol. The number of hydrogen-bond donors (Lipinski definition) is 0. The van der Waals surface area contributed by atoms with E-state index in [-0.39, 0.29) is 0 Å². The van der Waals surface area contributed by atoms with Gasteiger partial charge in [0.2, 0.25) is 0 Å². The van der Waals surface area contributed by atoms with Crippen molar-refractivity contribution in [1.82, 2.24) is 0 Å². The van der Waals surface area contributed by atoms with Gasteiger partial charge in [0.25, 0.3) is 0 Å². The Balaban J connectivity index is 2.03. The normalized spacial score (nSPS) is 53.6. The van der Waals surface area contributed by atoms with Crippen LogP contribution in [-0.4, -0.2) is 0 Å². The van der Waals surface area contributed by atoms with Crippen molar-refractivity contribution in [1.29, 1.82) is 0 Å². The first-order valence-electron chi connectivity index (χ1n) is 5.22. The Labute approximate surface area is 74.4 Å². The molecule has 0 saturated heterocycles. The van der Waals surface area contributed by atoms with E-state index in [1.165, 1.54) is 19.3 Å². The van der Waals surface area contributed by atoms with Gasteiger partial charge in [0.1, 0.15) is 0 Å². The lowest BCUT2D eigenvalue weighted by molar-refractivity contribution is 0.251. The summed E-state index contributed by atoms with van der Waals surface area (Å²) in [5.41, 5.74) is 0.610. The smallest absolute Gasteiger partial charge is 0.00779 e. The standard InChI is InChI=1S/C12H16/c1-2-12-7-6-9(8-12)10-4-3-5-11(10)12/h3-4,6-7,9-11H,2,5,8H2,1H3/t9?,10?,11?,12-/m1/s1. The SMILES string of the molecule is CC[C@@]12C=CC(C1)C1C=CCC12. The highest BCUT2D eigenvalue weighted by Crippen LogP contribution is 2.61. The fourth-order valence-corrected chi connectivity index (χ4v) is 3.69. The molecule has 12 heavy (non-hydrogen) atoms. The van der Waals surface area contributed by atoms with Crippen molar-refractivity contribution in [3.63, 3.8) is 0 Å².